The quantitative estimate of drug-likeness (QED) is 0.544. The standard InChI is InChI=1S/C16H12FN5O3S/c1-21-9-18-20-16(21)26-14-7-6-10(8-13(14)22(24)25)15(23)19-12-5-3-2-4-11(12)17/h2-9H,1H3,(H,19,23). The molecule has 132 valence electrons. The van der Waals surface area contributed by atoms with Crippen LogP contribution in [-0.2, 0) is 7.05 Å². The maximum atomic E-state index is 13.6. The van der Waals surface area contributed by atoms with Gasteiger partial charge >= 0.3 is 0 Å². The van der Waals surface area contributed by atoms with E-state index in [0.717, 1.165) is 17.8 Å². The third kappa shape index (κ3) is 3.70. The minimum Gasteiger partial charge on any atom is -0.319 e. The molecule has 0 saturated heterocycles. The summed E-state index contributed by atoms with van der Waals surface area (Å²) in [5.41, 5.74) is -0.209. The van der Waals surface area contributed by atoms with Gasteiger partial charge in [0.1, 0.15) is 12.1 Å². The van der Waals surface area contributed by atoms with Crippen LogP contribution in [0.4, 0.5) is 15.8 Å². The third-order valence-corrected chi connectivity index (χ3v) is 4.53. The lowest BCUT2D eigenvalue weighted by atomic mass is 10.2. The van der Waals surface area contributed by atoms with E-state index in [4.69, 9.17) is 0 Å². The SMILES string of the molecule is Cn1cnnc1Sc1ccc(C(=O)Nc2ccccc2F)cc1[N+](=O)[O-]. The number of carbonyl (C=O) groups excluding carboxylic acids is 1. The van der Waals surface area contributed by atoms with Crippen molar-refractivity contribution in [2.45, 2.75) is 10.1 Å². The number of nitrogens with zero attached hydrogens (tertiary/aromatic N) is 4. The molecule has 10 heteroatoms. The summed E-state index contributed by atoms with van der Waals surface area (Å²) in [4.78, 5) is 23.4. The largest absolute Gasteiger partial charge is 0.319 e. The van der Waals surface area contributed by atoms with E-state index in [0.29, 0.717) is 10.1 Å². The molecule has 0 aliphatic heterocycles. The molecule has 3 aromatic rings. The van der Waals surface area contributed by atoms with E-state index < -0.39 is 16.6 Å². The van der Waals surface area contributed by atoms with E-state index in [2.05, 4.69) is 15.5 Å². The Morgan fingerprint density at radius 2 is 2.08 bits per heavy atom. The zero-order valence-electron chi connectivity index (χ0n) is 13.4. The first-order chi connectivity index (χ1) is 12.5. The maximum absolute atomic E-state index is 13.6. The number of aromatic nitrogens is 3. The summed E-state index contributed by atoms with van der Waals surface area (Å²) in [7, 11) is 1.71. The van der Waals surface area contributed by atoms with Crippen molar-refractivity contribution in [3.05, 3.63) is 70.3 Å². The predicted octanol–water partition coefficient (Wildman–Crippen LogP) is 3.27. The first-order valence-electron chi connectivity index (χ1n) is 7.32. The molecule has 0 unspecified atom stereocenters. The summed E-state index contributed by atoms with van der Waals surface area (Å²) in [6, 6.07) is 9.71. The number of nitro groups is 1. The lowest BCUT2D eigenvalue weighted by Crippen LogP contribution is -2.13. The number of hydrogen-bond acceptors (Lipinski definition) is 6. The van der Waals surface area contributed by atoms with Crippen LogP contribution in [0, 0.1) is 15.9 Å². The van der Waals surface area contributed by atoms with Gasteiger partial charge in [-0.1, -0.05) is 12.1 Å². The monoisotopic (exact) mass is 373 g/mol. The third-order valence-electron chi connectivity index (χ3n) is 3.41. The number of anilines is 1. The molecular weight excluding hydrogens is 361 g/mol. The minimum atomic E-state index is -0.645. The molecular formula is C16H12FN5O3S. The Morgan fingerprint density at radius 3 is 2.73 bits per heavy atom. The first-order valence-corrected chi connectivity index (χ1v) is 8.13. The molecule has 3 rings (SSSR count). The lowest BCUT2D eigenvalue weighted by molar-refractivity contribution is -0.387. The van der Waals surface area contributed by atoms with Crippen LogP contribution in [-0.4, -0.2) is 25.6 Å². The number of nitrogens with one attached hydrogen (secondary N) is 1. The molecule has 0 bridgehead atoms. The van der Waals surface area contributed by atoms with Crippen LogP contribution in [0.1, 0.15) is 10.4 Å². The molecule has 0 aliphatic rings. The second-order valence-electron chi connectivity index (χ2n) is 5.20. The van der Waals surface area contributed by atoms with Crippen molar-refractivity contribution in [2.24, 2.45) is 7.05 Å². The van der Waals surface area contributed by atoms with Crippen molar-refractivity contribution in [1.29, 1.82) is 0 Å². The smallest absolute Gasteiger partial charge is 0.284 e. The molecule has 0 spiro atoms. The number of rotatable bonds is 5. The molecule has 1 N–H and O–H groups in total. The molecule has 8 nitrogen and oxygen atoms in total. The van der Waals surface area contributed by atoms with Gasteiger partial charge < -0.3 is 9.88 Å². The Hall–Kier alpha value is -3.27. The highest BCUT2D eigenvalue weighted by Gasteiger charge is 2.20. The van der Waals surface area contributed by atoms with Gasteiger partial charge in [0.25, 0.3) is 11.6 Å². The van der Waals surface area contributed by atoms with Gasteiger partial charge in [-0.05, 0) is 36.0 Å². The van der Waals surface area contributed by atoms with E-state index in [-0.39, 0.29) is 16.9 Å². The average Bonchev–Trinajstić information content (AvgIpc) is 3.02. The second kappa shape index (κ2) is 7.31. The Bertz CT molecular complexity index is 992. The van der Waals surface area contributed by atoms with E-state index in [1.165, 1.54) is 36.7 Å². The van der Waals surface area contributed by atoms with Crippen LogP contribution in [0.15, 0.2) is 58.8 Å². The number of hydrogen-bond donors (Lipinski definition) is 1. The lowest BCUT2D eigenvalue weighted by Gasteiger charge is -2.08. The van der Waals surface area contributed by atoms with Gasteiger partial charge in [0.15, 0.2) is 5.16 Å². The molecule has 2 aromatic carbocycles. The fourth-order valence-corrected chi connectivity index (χ4v) is 2.96. The van der Waals surface area contributed by atoms with Crippen molar-refractivity contribution < 1.29 is 14.1 Å². The van der Waals surface area contributed by atoms with Gasteiger partial charge in [0, 0.05) is 18.7 Å². The topological polar surface area (TPSA) is 103 Å². The number of carbonyl (C=O) groups is 1. The van der Waals surface area contributed by atoms with Crippen LogP contribution in [0.25, 0.3) is 0 Å². The summed E-state index contributed by atoms with van der Waals surface area (Å²) >= 11 is 1.06. The Labute approximate surface area is 151 Å². The van der Waals surface area contributed by atoms with E-state index in [1.807, 2.05) is 0 Å². The first kappa shape index (κ1) is 17.5. The van der Waals surface area contributed by atoms with Crippen LogP contribution < -0.4 is 5.32 Å². The fourth-order valence-electron chi connectivity index (χ4n) is 2.11. The van der Waals surface area contributed by atoms with Gasteiger partial charge in [-0.3, -0.25) is 14.9 Å². The molecule has 0 saturated carbocycles. The Kier molecular flexibility index (Phi) is 4.94. The van der Waals surface area contributed by atoms with Crippen molar-refractivity contribution in [1.82, 2.24) is 14.8 Å². The average molecular weight is 373 g/mol. The maximum Gasteiger partial charge on any atom is 0.284 e. The molecule has 0 atom stereocenters. The van der Waals surface area contributed by atoms with Crippen molar-refractivity contribution >= 4 is 29.0 Å². The normalized spacial score (nSPS) is 10.5. The number of halogens is 1. The highest BCUT2D eigenvalue weighted by Crippen LogP contribution is 2.34. The summed E-state index contributed by atoms with van der Waals surface area (Å²) in [5, 5.41) is 21.8. The molecule has 0 fully saturated rings. The van der Waals surface area contributed by atoms with Crippen LogP contribution in [0.5, 0.6) is 0 Å². The second-order valence-corrected chi connectivity index (χ2v) is 6.21. The van der Waals surface area contributed by atoms with Crippen LogP contribution >= 0.6 is 11.8 Å². The Morgan fingerprint density at radius 1 is 1.31 bits per heavy atom. The summed E-state index contributed by atoms with van der Waals surface area (Å²) in [5.74, 6) is -1.24. The Balaban J connectivity index is 1.88. The minimum absolute atomic E-state index is 0.00214. The molecule has 0 radical (unpaired) electrons. The van der Waals surface area contributed by atoms with E-state index in [9.17, 15) is 19.3 Å². The molecule has 1 aromatic heterocycles. The van der Waals surface area contributed by atoms with Crippen LogP contribution in [0.3, 0.4) is 0 Å². The van der Waals surface area contributed by atoms with Crippen molar-refractivity contribution in [3.63, 3.8) is 0 Å². The number of nitro benzene ring substituents is 1. The van der Waals surface area contributed by atoms with Gasteiger partial charge in [-0.25, -0.2) is 4.39 Å². The van der Waals surface area contributed by atoms with E-state index >= 15 is 0 Å². The number of aryl methyl sites for hydroxylation is 1. The predicted molar refractivity (Wildman–Crippen MR) is 92.6 cm³/mol. The molecule has 26 heavy (non-hydrogen) atoms. The van der Waals surface area contributed by atoms with Gasteiger partial charge in [-0.2, -0.15) is 0 Å². The molecule has 1 amide bonds. The molecule has 1 heterocycles. The number of amides is 1. The van der Waals surface area contributed by atoms with Gasteiger partial charge in [-0.15, -0.1) is 10.2 Å². The molecule has 0 aliphatic carbocycles. The van der Waals surface area contributed by atoms with Crippen LogP contribution in [0.2, 0.25) is 0 Å². The summed E-state index contributed by atoms with van der Waals surface area (Å²) in [6.45, 7) is 0. The zero-order valence-corrected chi connectivity index (χ0v) is 14.2. The van der Waals surface area contributed by atoms with E-state index in [1.54, 1.807) is 17.7 Å². The van der Waals surface area contributed by atoms with Crippen molar-refractivity contribution in [3.8, 4) is 0 Å². The van der Waals surface area contributed by atoms with Gasteiger partial charge in [0.2, 0.25) is 0 Å². The number of para-hydroxylation sites is 1. The highest BCUT2D eigenvalue weighted by atomic mass is 32.2. The number of benzene rings is 2. The zero-order chi connectivity index (χ0) is 18.7. The van der Waals surface area contributed by atoms with Gasteiger partial charge in [0.05, 0.1) is 15.5 Å². The highest BCUT2D eigenvalue weighted by molar-refractivity contribution is 7.99. The summed E-state index contributed by atoms with van der Waals surface area (Å²) < 4.78 is 15.3. The van der Waals surface area contributed by atoms with Crippen molar-refractivity contribution in [2.75, 3.05) is 5.32 Å². The fraction of sp³-hybridized carbons (Fsp3) is 0.0625. The summed E-state index contributed by atoms with van der Waals surface area (Å²) in [6.07, 6.45) is 1.48.